The molecular formula is C18H16N4O5. The summed E-state index contributed by atoms with van der Waals surface area (Å²) in [5.41, 5.74) is 0.571. The van der Waals surface area contributed by atoms with E-state index in [1.165, 1.54) is 42.1 Å². The summed E-state index contributed by atoms with van der Waals surface area (Å²) >= 11 is 0. The number of nitrogens with zero attached hydrogens (tertiary/aromatic N) is 3. The molecule has 0 aliphatic carbocycles. The maximum Gasteiger partial charge on any atom is 0.273 e. The van der Waals surface area contributed by atoms with E-state index in [-0.39, 0.29) is 35.5 Å². The van der Waals surface area contributed by atoms with Crippen LogP contribution in [0.1, 0.15) is 15.9 Å². The predicted octanol–water partition coefficient (Wildman–Crippen LogP) is 2.15. The summed E-state index contributed by atoms with van der Waals surface area (Å²) in [5.74, 6) is 0.0754. The number of amides is 1. The molecule has 0 fully saturated rings. The predicted molar refractivity (Wildman–Crippen MR) is 96.4 cm³/mol. The van der Waals surface area contributed by atoms with Gasteiger partial charge in [-0.05, 0) is 31.2 Å². The van der Waals surface area contributed by atoms with E-state index in [1.54, 1.807) is 18.2 Å². The minimum Gasteiger partial charge on any atom is -0.463 e. The fourth-order valence-corrected chi connectivity index (χ4v) is 2.60. The van der Waals surface area contributed by atoms with Crippen molar-refractivity contribution in [2.75, 3.05) is 6.54 Å². The van der Waals surface area contributed by atoms with Crippen molar-refractivity contribution in [1.29, 1.82) is 0 Å². The SMILES string of the molecule is Cc1c(C(=O)NCCn2nc(-c3ccco3)ccc2=O)cccc1[N+](=O)[O-]. The molecule has 0 spiro atoms. The molecule has 0 bridgehead atoms. The molecule has 0 aliphatic heterocycles. The first-order valence-electron chi connectivity index (χ1n) is 8.11. The van der Waals surface area contributed by atoms with Crippen molar-refractivity contribution in [2.24, 2.45) is 0 Å². The second-order valence-corrected chi connectivity index (χ2v) is 5.72. The van der Waals surface area contributed by atoms with Gasteiger partial charge in [-0.3, -0.25) is 19.7 Å². The molecule has 27 heavy (non-hydrogen) atoms. The quantitative estimate of drug-likeness (QED) is 0.526. The van der Waals surface area contributed by atoms with Crippen molar-refractivity contribution in [2.45, 2.75) is 13.5 Å². The van der Waals surface area contributed by atoms with Crippen LogP contribution in [0.3, 0.4) is 0 Å². The van der Waals surface area contributed by atoms with Gasteiger partial charge in [0.1, 0.15) is 5.69 Å². The van der Waals surface area contributed by atoms with E-state index >= 15 is 0 Å². The minimum atomic E-state index is -0.532. The van der Waals surface area contributed by atoms with Crippen LogP contribution in [0.25, 0.3) is 11.5 Å². The van der Waals surface area contributed by atoms with E-state index in [0.29, 0.717) is 11.5 Å². The van der Waals surface area contributed by atoms with E-state index in [4.69, 9.17) is 4.42 Å². The smallest absolute Gasteiger partial charge is 0.273 e. The zero-order valence-corrected chi connectivity index (χ0v) is 14.4. The summed E-state index contributed by atoms with van der Waals surface area (Å²) in [6.45, 7) is 1.80. The summed E-state index contributed by atoms with van der Waals surface area (Å²) in [6.07, 6.45) is 1.51. The highest BCUT2D eigenvalue weighted by Crippen LogP contribution is 2.20. The molecule has 3 rings (SSSR count). The maximum absolute atomic E-state index is 12.3. The van der Waals surface area contributed by atoms with Crippen molar-refractivity contribution in [1.82, 2.24) is 15.1 Å². The van der Waals surface area contributed by atoms with Gasteiger partial charge in [0.2, 0.25) is 0 Å². The van der Waals surface area contributed by atoms with Gasteiger partial charge >= 0.3 is 0 Å². The molecule has 0 saturated heterocycles. The second-order valence-electron chi connectivity index (χ2n) is 5.72. The highest BCUT2D eigenvalue weighted by molar-refractivity contribution is 5.96. The summed E-state index contributed by atoms with van der Waals surface area (Å²) in [5, 5.41) is 17.8. The standard InChI is InChI=1S/C18H16N4O5/c1-12-13(4-2-5-15(12)22(25)26)18(24)19-9-10-21-17(23)8-7-14(20-21)16-6-3-11-27-16/h2-8,11H,9-10H2,1H3,(H,19,24). The van der Waals surface area contributed by atoms with Crippen molar-refractivity contribution < 1.29 is 14.1 Å². The number of nitrogens with one attached hydrogen (secondary N) is 1. The van der Waals surface area contributed by atoms with E-state index < -0.39 is 10.8 Å². The van der Waals surface area contributed by atoms with Crippen LogP contribution in [0.2, 0.25) is 0 Å². The number of nitro benzene ring substituents is 1. The molecule has 0 atom stereocenters. The van der Waals surface area contributed by atoms with Gasteiger partial charge in [0.15, 0.2) is 5.76 Å². The number of rotatable bonds is 6. The molecule has 2 aromatic heterocycles. The Morgan fingerprint density at radius 1 is 1.26 bits per heavy atom. The fourth-order valence-electron chi connectivity index (χ4n) is 2.60. The molecule has 0 radical (unpaired) electrons. The number of carbonyl (C=O) groups excluding carboxylic acids is 1. The number of nitro groups is 1. The third-order valence-corrected chi connectivity index (χ3v) is 4.00. The lowest BCUT2D eigenvalue weighted by molar-refractivity contribution is -0.385. The zero-order valence-electron chi connectivity index (χ0n) is 14.4. The van der Waals surface area contributed by atoms with Gasteiger partial charge < -0.3 is 9.73 Å². The topological polar surface area (TPSA) is 120 Å². The Bertz CT molecular complexity index is 1040. The van der Waals surface area contributed by atoms with Gasteiger partial charge in [0, 0.05) is 29.8 Å². The molecule has 138 valence electrons. The molecule has 0 unspecified atom stereocenters. The molecule has 1 aromatic carbocycles. The third kappa shape index (κ3) is 3.92. The average Bonchev–Trinajstić information content (AvgIpc) is 3.17. The van der Waals surface area contributed by atoms with Crippen molar-refractivity contribution in [3.63, 3.8) is 0 Å². The first-order valence-corrected chi connectivity index (χ1v) is 8.11. The van der Waals surface area contributed by atoms with Crippen LogP contribution in [0.15, 0.2) is 57.9 Å². The van der Waals surface area contributed by atoms with Gasteiger partial charge in [-0.25, -0.2) is 4.68 Å². The average molecular weight is 368 g/mol. The highest BCUT2D eigenvalue weighted by Gasteiger charge is 2.17. The lowest BCUT2D eigenvalue weighted by Crippen LogP contribution is -2.32. The summed E-state index contributed by atoms with van der Waals surface area (Å²) in [7, 11) is 0. The van der Waals surface area contributed by atoms with E-state index in [9.17, 15) is 19.7 Å². The van der Waals surface area contributed by atoms with E-state index in [2.05, 4.69) is 10.4 Å². The lowest BCUT2D eigenvalue weighted by Gasteiger charge is -2.09. The van der Waals surface area contributed by atoms with Crippen LogP contribution < -0.4 is 10.9 Å². The largest absolute Gasteiger partial charge is 0.463 e. The molecule has 9 heteroatoms. The first-order chi connectivity index (χ1) is 13.0. The Morgan fingerprint density at radius 2 is 2.07 bits per heavy atom. The van der Waals surface area contributed by atoms with Crippen LogP contribution >= 0.6 is 0 Å². The number of furan rings is 1. The monoisotopic (exact) mass is 368 g/mol. The van der Waals surface area contributed by atoms with Gasteiger partial charge in [-0.2, -0.15) is 5.10 Å². The molecule has 0 saturated carbocycles. The molecule has 1 amide bonds. The summed E-state index contributed by atoms with van der Waals surface area (Å²) < 4.78 is 6.48. The van der Waals surface area contributed by atoms with Gasteiger partial charge in [0.05, 0.1) is 17.7 Å². The van der Waals surface area contributed by atoms with E-state index in [0.717, 1.165) is 0 Å². The van der Waals surface area contributed by atoms with Crippen molar-refractivity contribution >= 4 is 11.6 Å². The summed E-state index contributed by atoms with van der Waals surface area (Å²) in [6, 6.07) is 10.7. The number of hydrogen-bond donors (Lipinski definition) is 1. The second kappa shape index (κ2) is 7.65. The molecule has 1 N–H and O–H groups in total. The lowest BCUT2D eigenvalue weighted by atomic mass is 10.1. The number of hydrogen-bond acceptors (Lipinski definition) is 6. The van der Waals surface area contributed by atoms with Crippen molar-refractivity contribution in [3.8, 4) is 11.5 Å². The van der Waals surface area contributed by atoms with Crippen LogP contribution in [0.4, 0.5) is 5.69 Å². The molecule has 0 aliphatic rings. The van der Waals surface area contributed by atoms with E-state index in [1.807, 2.05) is 0 Å². The molecular weight excluding hydrogens is 352 g/mol. The van der Waals surface area contributed by atoms with Gasteiger partial charge in [0.25, 0.3) is 17.2 Å². The Hall–Kier alpha value is -3.75. The summed E-state index contributed by atoms with van der Waals surface area (Å²) in [4.78, 5) is 34.7. The molecule has 3 aromatic rings. The molecule has 9 nitrogen and oxygen atoms in total. The van der Waals surface area contributed by atoms with Crippen LogP contribution in [-0.2, 0) is 6.54 Å². The first kappa shape index (κ1) is 18.1. The maximum atomic E-state index is 12.3. The molecule has 2 heterocycles. The Labute approximate surface area is 153 Å². The van der Waals surface area contributed by atoms with Gasteiger partial charge in [-0.1, -0.05) is 6.07 Å². The highest BCUT2D eigenvalue weighted by atomic mass is 16.6. The van der Waals surface area contributed by atoms with Crippen LogP contribution in [0, 0.1) is 17.0 Å². The minimum absolute atomic E-state index is 0.119. The van der Waals surface area contributed by atoms with Crippen molar-refractivity contribution in [3.05, 3.63) is 80.3 Å². The zero-order chi connectivity index (χ0) is 19.4. The number of carbonyl (C=O) groups is 1. The van der Waals surface area contributed by atoms with Gasteiger partial charge in [-0.15, -0.1) is 0 Å². The fraction of sp³-hybridized carbons (Fsp3) is 0.167. The number of benzene rings is 1. The Kier molecular flexibility index (Phi) is 5.11. The Balaban J connectivity index is 1.69. The van der Waals surface area contributed by atoms with Crippen LogP contribution in [0.5, 0.6) is 0 Å². The Morgan fingerprint density at radius 3 is 2.78 bits per heavy atom. The van der Waals surface area contributed by atoms with Crippen LogP contribution in [-0.4, -0.2) is 27.2 Å². The number of aromatic nitrogens is 2. The normalized spacial score (nSPS) is 10.6. The third-order valence-electron chi connectivity index (χ3n) is 4.00.